The molecule has 0 aliphatic carbocycles. The van der Waals surface area contributed by atoms with Gasteiger partial charge in [-0.05, 0) is 49.6 Å². The zero-order valence-electron chi connectivity index (χ0n) is 25.5. The molecular weight excluding hydrogens is 685 g/mol. The van der Waals surface area contributed by atoms with Gasteiger partial charge in [-0.3, -0.25) is 15.0 Å². The zero-order chi connectivity index (χ0) is 34.7. The number of rotatable bonds is 8. The summed E-state index contributed by atoms with van der Waals surface area (Å²) in [5, 5.41) is 5.68. The normalized spacial score (nSPS) is 17.6. The molecule has 6 heterocycles. The molecule has 0 bridgehead atoms. The maximum Gasteiger partial charge on any atom is 0.451 e. The van der Waals surface area contributed by atoms with Gasteiger partial charge in [0.05, 0.1) is 41.6 Å². The summed E-state index contributed by atoms with van der Waals surface area (Å²) in [6, 6.07) is 5.93. The van der Waals surface area contributed by atoms with Gasteiger partial charge in [0, 0.05) is 30.3 Å². The Morgan fingerprint density at radius 1 is 1.08 bits per heavy atom. The first-order valence-electron chi connectivity index (χ1n) is 15.1. The lowest BCUT2D eigenvalue weighted by atomic mass is 10.0. The van der Waals surface area contributed by atoms with Crippen LogP contribution < -0.4 is 4.74 Å². The number of aromatic nitrogens is 7. The monoisotopic (exact) mass is 710 g/mol. The molecule has 1 aromatic carbocycles. The highest BCUT2D eigenvalue weighted by molar-refractivity contribution is 6.30. The Bertz CT molecular complexity index is 2030. The summed E-state index contributed by atoms with van der Waals surface area (Å²) >= 11 is 5.79. The number of ether oxygens (including phenoxy) is 2. The van der Waals surface area contributed by atoms with Gasteiger partial charge in [0.1, 0.15) is 29.5 Å². The molecule has 18 heteroatoms. The lowest BCUT2D eigenvalue weighted by Crippen LogP contribution is -2.36. The molecule has 0 saturated carbocycles. The smallest absolute Gasteiger partial charge is 0.451 e. The van der Waals surface area contributed by atoms with Gasteiger partial charge in [-0.2, -0.15) is 31.4 Å². The number of hydrogen-bond acceptors (Lipinski definition) is 8. The van der Waals surface area contributed by atoms with E-state index in [9.17, 15) is 30.7 Å². The van der Waals surface area contributed by atoms with Crippen LogP contribution in [0.5, 0.6) is 5.88 Å². The number of fused-ring (bicyclic) bond motifs is 2. The first kappa shape index (κ1) is 33.2. The van der Waals surface area contributed by atoms with Gasteiger partial charge >= 0.3 is 12.4 Å². The largest absolute Gasteiger partial charge is 0.472 e. The van der Waals surface area contributed by atoms with Crippen molar-refractivity contribution in [2.75, 3.05) is 13.2 Å². The van der Waals surface area contributed by atoms with Crippen LogP contribution in [0, 0.1) is 5.82 Å². The Morgan fingerprint density at radius 3 is 2.55 bits per heavy atom. The minimum absolute atomic E-state index is 0.0168. The maximum atomic E-state index is 14.3. The van der Waals surface area contributed by atoms with Gasteiger partial charge in [0.25, 0.3) is 0 Å². The molecule has 2 aliphatic heterocycles. The predicted octanol–water partition coefficient (Wildman–Crippen LogP) is 6.93. The lowest BCUT2D eigenvalue weighted by Gasteiger charge is -2.34. The van der Waals surface area contributed by atoms with Crippen LogP contribution in [0.4, 0.5) is 30.7 Å². The van der Waals surface area contributed by atoms with Crippen molar-refractivity contribution in [2.45, 2.75) is 64.0 Å². The van der Waals surface area contributed by atoms with Gasteiger partial charge in [0.15, 0.2) is 5.82 Å². The predicted molar refractivity (Wildman–Crippen MR) is 160 cm³/mol. The molecule has 1 saturated heterocycles. The maximum absolute atomic E-state index is 14.3. The summed E-state index contributed by atoms with van der Waals surface area (Å²) in [6.45, 7) is 2.99. The topological polar surface area (TPSA) is 107 Å². The number of aromatic amines is 1. The summed E-state index contributed by atoms with van der Waals surface area (Å²) in [5.41, 5.74) is 0.894. The van der Waals surface area contributed by atoms with Gasteiger partial charge in [-0.15, -0.1) is 0 Å². The van der Waals surface area contributed by atoms with Crippen molar-refractivity contribution in [1.29, 1.82) is 0 Å². The number of H-pyrrole nitrogens is 1. The van der Waals surface area contributed by atoms with Crippen molar-refractivity contribution in [2.24, 2.45) is 0 Å². The molecule has 49 heavy (non-hydrogen) atoms. The second-order valence-corrected chi connectivity index (χ2v) is 12.2. The Morgan fingerprint density at radius 2 is 1.88 bits per heavy atom. The third-order valence-electron chi connectivity index (χ3n) is 8.61. The molecule has 2 atom stereocenters. The van der Waals surface area contributed by atoms with Crippen LogP contribution in [0.15, 0.2) is 36.5 Å². The fraction of sp³-hybridized carbons (Fsp3) is 0.387. The second-order valence-electron chi connectivity index (χ2n) is 11.8. The van der Waals surface area contributed by atoms with E-state index in [1.807, 2.05) is 21.5 Å². The fourth-order valence-electron chi connectivity index (χ4n) is 5.87. The molecule has 1 N–H and O–H groups in total. The Kier molecular flexibility index (Phi) is 8.47. The first-order valence-corrected chi connectivity index (χ1v) is 15.5. The SMILES string of the molecule is CC(c1nc2cc(-c3n[nH]c(C(F)(F)F)n3)ncc2n1C[C@@H]1CCO1)N1CCc2cc(C(F)(F)F)c(OCc3ccc(Cl)cc3F)nc2C1. The van der Waals surface area contributed by atoms with Crippen molar-refractivity contribution >= 4 is 22.6 Å². The van der Waals surface area contributed by atoms with Crippen molar-refractivity contribution < 1.29 is 40.2 Å². The molecule has 1 unspecified atom stereocenters. The summed E-state index contributed by atoms with van der Waals surface area (Å²) in [7, 11) is 0. The Balaban J connectivity index is 1.19. The van der Waals surface area contributed by atoms with Crippen LogP contribution >= 0.6 is 11.6 Å². The van der Waals surface area contributed by atoms with E-state index in [-0.39, 0.29) is 47.2 Å². The van der Waals surface area contributed by atoms with E-state index in [1.165, 1.54) is 24.4 Å². The second kappa shape index (κ2) is 12.5. The quantitative estimate of drug-likeness (QED) is 0.173. The Labute approximate surface area is 278 Å². The van der Waals surface area contributed by atoms with Gasteiger partial charge in [0.2, 0.25) is 11.7 Å². The molecule has 4 aromatic heterocycles. The van der Waals surface area contributed by atoms with E-state index in [4.69, 9.17) is 26.1 Å². The molecule has 2 aliphatic rings. The highest BCUT2D eigenvalue weighted by Gasteiger charge is 2.38. The van der Waals surface area contributed by atoms with E-state index in [0.29, 0.717) is 47.8 Å². The molecule has 1 fully saturated rings. The average molecular weight is 711 g/mol. The van der Waals surface area contributed by atoms with Crippen LogP contribution in [-0.4, -0.2) is 58.9 Å². The first-order chi connectivity index (χ1) is 23.2. The van der Waals surface area contributed by atoms with Crippen molar-refractivity contribution in [3.8, 4) is 17.4 Å². The third-order valence-corrected chi connectivity index (χ3v) is 8.85. The number of nitrogens with one attached hydrogen (secondary N) is 1. The van der Waals surface area contributed by atoms with E-state index >= 15 is 0 Å². The van der Waals surface area contributed by atoms with E-state index in [1.54, 1.807) is 0 Å². The molecule has 5 aromatic rings. The van der Waals surface area contributed by atoms with Crippen LogP contribution in [-0.2, 0) is 43.2 Å². The zero-order valence-corrected chi connectivity index (χ0v) is 26.3. The summed E-state index contributed by atoms with van der Waals surface area (Å²) < 4.78 is 109. The molecule has 10 nitrogen and oxygen atoms in total. The standard InChI is InChI=1S/C31H26ClF7N8O2/c1-15(27-41-22-10-23(26-43-29(45-44-26)31(37,38)39)40-11-25(22)47(27)12-19-5-7-48-19)46-6-4-16-8-20(30(34,35)36)28(42-24(16)13-46)49-14-17-2-3-18(32)9-21(17)33/h2-3,8-11,15,19H,4-7,12-14H2,1H3,(H,43,44,45)/t15?,19-/m0/s1. The number of pyridine rings is 2. The highest BCUT2D eigenvalue weighted by Crippen LogP contribution is 2.39. The summed E-state index contributed by atoms with van der Waals surface area (Å²) in [6.07, 6.45) is -6.98. The van der Waals surface area contributed by atoms with Crippen molar-refractivity contribution in [1.82, 2.24) is 39.6 Å². The van der Waals surface area contributed by atoms with E-state index < -0.39 is 42.0 Å². The number of alkyl halides is 6. The number of halogens is 8. The minimum Gasteiger partial charge on any atom is -0.472 e. The van der Waals surface area contributed by atoms with Gasteiger partial charge in [-0.25, -0.2) is 19.3 Å². The van der Waals surface area contributed by atoms with Crippen molar-refractivity contribution in [3.63, 3.8) is 0 Å². The van der Waals surface area contributed by atoms with Crippen LogP contribution in [0.1, 0.15) is 53.4 Å². The number of hydrogen-bond donors (Lipinski definition) is 1. The lowest BCUT2D eigenvalue weighted by molar-refractivity contribution is -0.144. The van der Waals surface area contributed by atoms with Crippen molar-refractivity contribution in [3.05, 3.63) is 81.4 Å². The van der Waals surface area contributed by atoms with E-state index in [0.717, 1.165) is 18.6 Å². The van der Waals surface area contributed by atoms with Gasteiger partial charge < -0.3 is 14.0 Å². The third kappa shape index (κ3) is 6.66. The molecule has 0 radical (unpaired) electrons. The molecule has 0 amide bonds. The molecule has 7 rings (SSSR count). The van der Waals surface area contributed by atoms with Gasteiger partial charge in [-0.1, -0.05) is 17.7 Å². The molecule has 0 spiro atoms. The average Bonchev–Trinajstić information content (AvgIpc) is 3.66. The summed E-state index contributed by atoms with van der Waals surface area (Å²) in [4.78, 5) is 19.0. The minimum atomic E-state index is -4.76. The number of benzene rings is 1. The highest BCUT2D eigenvalue weighted by atomic mass is 35.5. The van der Waals surface area contributed by atoms with Crippen LogP contribution in [0.25, 0.3) is 22.6 Å². The molecular formula is C31H26ClF7N8O2. The fourth-order valence-corrected chi connectivity index (χ4v) is 6.02. The van der Waals surface area contributed by atoms with E-state index in [2.05, 4.69) is 20.1 Å². The summed E-state index contributed by atoms with van der Waals surface area (Å²) in [5.74, 6) is -2.28. The number of nitrogens with zero attached hydrogens (tertiary/aromatic N) is 7. The molecule has 258 valence electrons. The van der Waals surface area contributed by atoms with Crippen LogP contribution in [0.3, 0.4) is 0 Å². The van der Waals surface area contributed by atoms with Crippen LogP contribution in [0.2, 0.25) is 5.02 Å². The number of imidazole rings is 1. The Hall–Kier alpha value is -4.35.